The van der Waals surface area contributed by atoms with Crippen LogP contribution in [0.3, 0.4) is 0 Å². The summed E-state index contributed by atoms with van der Waals surface area (Å²) in [6.45, 7) is 8.50. The third-order valence-electron chi connectivity index (χ3n) is 2.81. The number of hydrogen-bond donors (Lipinski definition) is 2. The summed E-state index contributed by atoms with van der Waals surface area (Å²) in [6.07, 6.45) is 5.04. The van der Waals surface area contributed by atoms with E-state index in [1.807, 2.05) is 0 Å². The van der Waals surface area contributed by atoms with Gasteiger partial charge in [0.2, 0.25) is 0 Å². The fourth-order valence-electron chi connectivity index (χ4n) is 1.57. The second-order valence-electron chi connectivity index (χ2n) is 4.43. The van der Waals surface area contributed by atoms with Crippen molar-refractivity contribution < 1.29 is 0 Å². The van der Waals surface area contributed by atoms with E-state index < -0.39 is 0 Å². The van der Waals surface area contributed by atoms with Crippen LogP contribution in [-0.2, 0) is 0 Å². The molecule has 0 aromatic rings. The van der Waals surface area contributed by atoms with Gasteiger partial charge in [-0.15, -0.1) is 0 Å². The minimum atomic E-state index is 0.661. The molecular weight excluding hydrogens is 186 g/mol. The number of unbranched alkanes of at least 4 members (excludes halogenated alkanes) is 2. The highest BCUT2D eigenvalue weighted by Crippen LogP contribution is 2.28. The highest BCUT2D eigenvalue weighted by molar-refractivity contribution is 5.80. The Morgan fingerprint density at radius 3 is 2.60 bits per heavy atom. The Balaban J connectivity index is 2.21. The van der Waals surface area contributed by atoms with Crippen molar-refractivity contribution in [3.8, 4) is 0 Å². The monoisotopic (exact) mass is 211 g/mol. The molecule has 1 saturated carbocycles. The van der Waals surface area contributed by atoms with Crippen molar-refractivity contribution in [1.82, 2.24) is 10.6 Å². The Kier molecular flexibility index (Phi) is 5.51. The van der Waals surface area contributed by atoms with Crippen LogP contribution in [0.2, 0.25) is 0 Å². The van der Waals surface area contributed by atoms with Crippen molar-refractivity contribution in [3.63, 3.8) is 0 Å². The van der Waals surface area contributed by atoms with Crippen LogP contribution in [0, 0.1) is 5.92 Å². The van der Waals surface area contributed by atoms with E-state index in [0.717, 1.165) is 25.0 Å². The summed E-state index contributed by atoms with van der Waals surface area (Å²) in [5.74, 6) is 1.83. The summed E-state index contributed by atoms with van der Waals surface area (Å²) >= 11 is 0. The van der Waals surface area contributed by atoms with E-state index >= 15 is 0 Å². The molecule has 0 saturated heterocycles. The van der Waals surface area contributed by atoms with Gasteiger partial charge in [-0.3, -0.25) is 4.99 Å². The van der Waals surface area contributed by atoms with Gasteiger partial charge < -0.3 is 10.6 Å². The smallest absolute Gasteiger partial charge is 0.191 e. The molecule has 0 spiro atoms. The van der Waals surface area contributed by atoms with Crippen molar-refractivity contribution in [3.05, 3.63) is 0 Å². The maximum atomic E-state index is 4.56. The van der Waals surface area contributed by atoms with Crippen molar-refractivity contribution in [2.24, 2.45) is 10.9 Å². The van der Waals surface area contributed by atoms with Gasteiger partial charge in [-0.1, -0.05) is 26.7 Å². The summed E-state index contributed by atoms with van der Waals surface area (Å²) < 4.78 is 0. The molecule has 2 atom stereocenters. The maximum Gasteiger partial charge on any atom is 0.191 e. The van der Waals surface area contributed by atoms with Crippen molar-refractivity contribution in [2.45, 2.75) is 52.5 Å². The summed E-state index contributed by atoms with van der Waals surface area (Å²) in [7, 11) is 0. The van der Waals surface area contributed by atoms with Crippen molar-refractivity contribution in [1.29, 1.82) is 0 Å². The molecule has 0 heterocycles. The van der Waals surface area contributed by atoms with E-state index in [9.17, 15) is 0 Å². The van der Waals surface area contributed by atoms with Gasteiger partial charge in [0.1, 0.15) is 0 Å². The Labute approximate surface area is 93.7 Å². The zero-order valence-electron chi connectivity index (χ0n) is 10.3. The van der Waals surface area contributed by atoms with Gasteiger partial charge in [0.15, 0.2) is 5.96 Å². The Bertz CT molecular complexity index is 201. The molecule has 1 fully saturated rings. The van der Waals surface area contributed by atoms with Crippen LogP contribution in [0.4, 0.5) is 0 Å². The van der Waals surface area contributed by atoms with Gasteiger partial charge >= 0.3 is 0 Å². The fraction of sp³-hybridized carbons (Fsp3) is 0.917. The Morgan fingerprint density at radius 2 is 2.07 bits per heavy atom. The van der Waals surface area contributed by atoms with E-state index in [-0.39, 0.29) is 0 Å². The molecular formula is C12H25N3. The largest absolute Gasteiger partial charge is 0.357 e. The minimum Gasteiger partial charge on any atom is -0.357 e. The molecule has 1 aliphatic carbocycles. The standard InChI is InChI=1S/C12H25N3/c1-4-6-7-8-14-12(13-5-2)15-11-9-10(11)3/h10-11H,4-9H2,1-3H3,(H2,13,14,15). The lowest BCUT2D eigenvalue weighted by Crippen LogP contribution is -2.39. The zero-order valence-corrected chi connectivity index (χ0v) is 10.3. The molecule has 0 aromatic carbocycles. The Hall–Kier alpha value is -0.730. The Morgan fingerprint density at radius 1 is 1.33 bits per heavy atom. The molecule has 2 N–H and O–H groups in total. The number of guanidine groups is 1. The molecule has 1 aliphatic rings. The van der Waals surface area contributed by atoms with Crippen LogP contribution >= 0.6 is 0 Å². The molecule has 1 rings (SSSR count). The zero-order chi connectivity index (χ0) is 11.1. The first-order valence-corrected chi connectivity index (χ1v) is 6.32. The average molecular weight is 211 g/mol. The molecule has 15 heavy (non-hydrogen) atoms. The summed E-state index contributed by atoms with van der Waals surface area (Å²) in [6, 6.07) is 0.661. The SMILES string of the molecule is CCCCCN=C(NCC)NC1CC1C. The van der Waals surface area contributed by atoms with Gasteiger partial charge in [-0.25, -0.2) is 0 Å². The van der Waals surface area contributed by atoms with E-state index in [0.29, 0.717) is 6.04 Å². The molecule has 0 bridgehead atoms. The quantitative estimate of drug-likeness (QED) is 0.401. The van der Waals surface area contributed by atoms with Crippen LogP contribution in [0.25, 0.3) is 0 Å². The van der Waals surface area contributed by atoms with Crippen LogP contribution in [0.5, 0.6) is 0 Å². The van der Waals surface area contributed by atoms with Gasteiger partial charge in [0, 0.05) is 19.1 Å². The number of nitrogens with zero attached hydrogens (tertiary/aromatic N) is 1. The first-order chi connectivity index (χ1) is 7.27. The van der Waals surface area contributed by atoms with Gasteiger partial charge in [-0.05, 0) is 25.7 Å². The number of aliphatic imine (C=N–C) groups is 1. The molecule has 2 unspecified atom stereocenters. The van der Waals surface area contributed by atoms with E-state index in [4.69, 9.17) is 0 Å². The summed E-state index contributed by atoms with van der Waals surface area (Å²) in [4.78, 5) is 4.56. The van der Waals surface area contributed by atoms with Gasteiger partial charge in [0.25, 0.3) is 0 Å². The first kappa shape index (κ1) is 12.3. The van der Waals surface area contributed by atoms with E-state index in [1.54, 1.807) is 0 Å². The normalized spacial score (nSPS) is 25.1. The van der Waals surface area contributed by atoms with Crippen molar-refractivity contribution >= 4 is 5.96 Å². The summed E-state index contributed by atoms with van der Waals surface area (Å²) in [5, 5.41) is 6.75. The van der Waals surface area contributed by atoms with Crippen LogP contribution in [-0.4, -0.2) is 25.1 Å². The number of rotatable bonds is 6. The van der Waals surface area contributed by atoms with Crippen LogP contribution in [0.1, 0.15) is 46.5 Å². The van der Waals surface area contributed by atoms with E-state index in [2.05, 4.69) is 36.4 Å². The lowest BCUT2D eigenvalue weighted by molar-refractivity contribution is 0.712. The maximum absolute atomic E-state index is 4.56. The molecule has 0 aliphatic heterocycles. The molecule has 88 valence electrons. The van der Waals surface area contributed by atoms with E-state index in [1.165, 1.54) is 25.7 Å². The lowest BCUT2D eigenvalue weighted by Gasteiger charge is -2.10. The third-order valence-corrected chi connectivity index (χ3v) is 2.81. The van der Waals surface area contributed by atoms with Crippen LogP contribution in [0.15, 0.2) is 4.99 Å². The third kappa shape index (κ3) is 5.05. The topological polar surface area (TPSA) is 36.4 Å². The second kappa shape index (κ2) is 6.70. The number of hydrogen-bond acceptors (Lipinski definition) is 1. The lowest BCUT2D eigenvalue weighted by atomic mass is 10.2. The molecule has 3 nitrogen and oxygen atoms in total. The molecule has 0 aromatic heterocycles. The number of nitrogens with one attached hydrogen (secondary N) is 2. The predicted octanol–water partition coefficient (Wildman–Crippen LogP) is 2.14. The fourth-order valence-corrected chi connectivity index (χ4v) is 1.57. The highest BCUT2D eigenvalue weighted by Gasteiger charge is 2.33. The molecule has 3 heteroatoms. The predicted molar refractivity (Wildman–Crippen MR) is 66.2 cm³/mol. The summed E-state index contributed by atoms with van der Waals surface area (Å²) in [5.41, 5.74) is 0. The second-order valence-corrected chi connectivity index (χ2v) is 4.43. The highest BCUT2D eigenvalue weighted by atomic mass is 15.2. The molecule has 0 amide bonds. The van der Waals surface area contributed by atoms with Gasteiger partial charge in [0.05, 0.1) is 0 Å². The first-order valence-electron chi connectivity index (χ1n) is 6.32. The van der Waals surface area contributed by atoms with Crippen molar-refractivity contribution in [2.75, 3.05) is 13.1 Å². The van der Waals surface area contributed by atoms with Crippen LogP contribution < -0.4 is 10.6 Å². The molecule has 0 radical (unpaired) electrons. The minimum absolute atomic E-state index is 0.661. The average Bonchev–Trinajstić information content (AvgIpc) is 2.89. The van der Waals surface area contributed by atoms with Gasteiger partial charge in [-0.2, -0.15) is 0 Å².